The summed E-state index contributed by atoms with van der Waals surface area (Å²) in [5.41, 5.74) is 1.26. The number of anilines is 1. The number of hydrogen-bond donors (Lipinski definition) is 2. The van der Waals surface area contributed by atoms with Gasteiger partial charge in [0.15, 0.2) is 5.65 Å². The van der Waals surface area contributed by atoms with Gasteiger partial charge in [-0.15, -0.1) is 0 Å². The van der Waals surface area contributed by atoms with E-state index in [1.165, 1.54) is 57.8 Å². The molecule has 0 aliphatic carbocycles. The molecule has 2 aromatic heterocycles. The van der Waals surface area contributed by atoms with Crippen LogP contribution in [0.4, 0.5) is 10.6 Å². The van der Waals surface area contributed by atoms with E-state index in [1.54, 1.807) is 4.90 Å². The molecule has 1 saturated heterocycles. The molecule has 0 spiro atoms. The van der Waals surface area contributed by atoms with Crippen LogP contribution >= 0.6 is 0 Å². The van der Waals surface area contributed by atoms with E-state index in [-0.39, 0.29) is 6.09 Å². The molecular formula is C30H49N5O4. The predicted octanol–water partition coefficient (Wildman–Crippen LogP) is 6.71. The Balaban J connectivity index is 1.27. The molecule has 1 aliphatic rings. The second kappa shape index (κ2) is 15.7. The van der Waals surface area contributed by atoms with Crippen LogP contribution in [0.25, 0.3) is 11.2 Å². The van der Waals surface area contributed by atoms with Crippen LogP contribution in [0.1, 0.15) is 110 Å². The van der Waals surface area contributed by atoms with Crippen molar-refractivity contribution in [3.05, 3.63) is 18.0 Å². The monoisotopic (exact) mass is 543 g/mol. The smallest absolute Gasteiger partial charge is 0.410 e. The molecule has 2 N–H and O–H groups in total. The van der Waals surface area contributed by atoms with Gasteiger partial charge >= 0.3 is 12.1 Å². The molecule has 39 heavy (non-hydrogen) atoms. The molecule has 3 heterocycles. The Morgan fingerprint density at radius 3 is 1.97 bits per heavy atom. The van der Waals surface area contributed by atoms with E-state index >= 15 is 0 Å². The summed E-state index contributed by atoms with van der Waals surface area (Å²) in [6.45, 7) is 8.38. The van der Waals surface area contributed by atoms with Crippen molar-refractivity contribution in [2.45, 2.75) is 116 Å². The Morgan fingerprint density at radius 2 is 1.41 bits per heavy atom. The molecule has 1 fully saturated rings. The Kier molecular flexibility index (Phi) is 12.3. The van der Waals surface area contributed by atoms with Gasteiger partial charge in [0, 0.05) is 39.0 Å². The number of nitrogens with zero attached hydrogens (tertiary/aromatic N) is 4. The molecular weight excluding hydrogens is 494 g/mol. The number of ether oxygens (including phenoxy) is 1. The van der Waals surface area contributed by atoms with E-state index in [2.05, 4.69) is 9.88 Å². The fourth-order valence-corrected chi connectivity index (χ4v) is 5.01. The van der Waals surface area contributed by atoms with Crippen molar-refractivity contribution in [2.24, 2.45) is 0 Å². The highest BCUT2D eigenvalue weighted by Gasteiger charge is 2.26. The topological polar surface area (TPSA) is 112 Å². The van der Waals surface area contributed by atoms with Crippen molar-refractivity contribution in [3.63, 3.8) is 0 Å². The third kappa shape index (κ3) is 11.4. The number of unbranched alkanes of at least 4 members (excludes halogenated alkanes) is 11. The largest absolute Gasteiger partial charge is 0.481 e. The molecule has 3 rings (SSSR count). The number of H-pyrrole nitrogens is 1. The lowest BCUT2D eigenvalue weighted by atomic mass is 10.0. The van der Waals surface area contributed by atoms with Crippen LogP contribution in [0.5, 0.6) is 0 Å². The van der Waals surface area contributed by atoms with Gasteiger partial charge in [-0.2, -0.15) is 0 Å². The first-order valence-corrected chi connectivity index (χ1v) is 15.0. The van der Waals surface area contributed by atoms with E-state index in [4.69, 9.17) is 19.8 Å². The molecule has 1 amide bonds. The van der Waals surface area contributed by atoms with E-state index < -0.39 is 11.6 Å². The van der Waals surface area contributed by atoms with E-state index in [9.17, 15) is 9.59 Å². The van der Waals surface area contributed by atoms with Crippen LogP contribution in [0.3, 0.4) is 0 Å². The minimum Gasteiger partial charge on any atom is -0.481 e. The normalized spacial score (nSPS) is 14.2. The number of hydrogen-bond acceptors (Lipinski definition) is 6. The molecule has 0 bridgehead atoms. The maximum atomic E-state index is 12.3. The lowest BCUT2D eigenvalue weighted by Gasteiger charge is -2.36. The quantitative estimate of drug-likeness (QED) is 0.226. The van der Waals surface area contributed by atoms with Crippen LogP contribution in [0, 0.1) is 0 Å². The van der Waals surface area contributed by atoms with Gasteiger partial charge in [-0.05, 0) is 45.7 Å². The maximum Gasteiger partial charge on any atom is 0.410 e. The maximum absolute atomic E-state index is 12.3. The minimum atomic E-state index is -0.678. The number of amides is 1. The lowest BCUT2D eigenvalue weighted by molar-refractivity contribution is -0.137. The third-order valence-electron chi connectivity index (χ3n) is 7.19. The summed E-state index contributed by atoms with van der Waals surface area (Å²) in [5.74, 6) is 1.25. The standard InChI is InChI=1S/C30H49N5O4/c1-30(2,3)39-29(38)35-22-20-34(21-23-35)26-19-18-24-28(33-26)32-25(31-24)16-14-12-10-8-6-4-5-7-9-11-13-15-17-27(36)37/h18-19H,4-17,20-23H2,1-3H3,(H,36,37)(H,31,32,33). The number of piperazine rings is 1. The number of carbonyl (C=O) groups is 2. The molecule has 1 aliphatic heterocycles. The molecule has 0 atom stereocenters. The molecule has 9 heteroatoms. The Labute approximate surface area is 233 Å². The molecule has 0 saturated carbocycles. The number of carbonyl (C=O) groups excluding carboxylic acids is 1. The first-order valence-electron chi connectivity index (χ1n) is 15.0. The van der Waals surface area contributed by atoms with Gasteiger partial charge in [0.25, 0.3) is 0 Å². The van der Waals surface area contributed by atoms with Crippen molar-refractivity contribution in [2.75, 3.05) is 31.1 Å². The van der Waals surface area contributed by atoms with Crippen molar-refractivity contribution in [1.29, 1.82) is 0 Å². The lowest BCUT2D eigenvalue weighted by Crippen LogP contribution is -2.50. The van der Waals surface area contributed by atoms with Crippen LogP contribution < -0.4 is 4.90 Å². The number of rotatable bonds is 16. The summed E-state index contributed by atoms with van der Waals surface area (Å²) in [4.78, 5) is 39.8. The zero-order valence-electron chi connectivity index (χ0n) is 24.3. The van der Waals surface area contributed by atoms with Crippen molar-refractivity contribution in [1.82, 2.24) is 19.9 Å². The number of aromatic amines is 1. The number of aliphatic carboxylic acids is 1. The molecule has 0 radical (unpaired) electrons. The minimum absolute atomic E-state index is 0.248. The highest BCUT2D eigenvalue weighted by atomic mass is 16.6. The molecule has 9 nitrogen and oxygen atoms in total. The molecule has 218 valence electrons. The molecule has 2 aromatic rings. The van der Waals surface area contributed by atoms with Gasteiger partial charge in [-0.25, -0.2) is 14.8 Å². The third-order valence-corrected chi connectivity index (χ3v) is 7.19. The van der Waals surface area contributed by atoms with Gasteiger partial charge < -0.3 is 24.6 Å². The van der Waals surface area contributed by atoms with Crippen LogP contribution in [-0.4, -0.2) is 68.8 Å². The summed E-state index contributed by atoms with van der Waals surface area (Å²) in [5, 5.41) is 8.65. The summed E-state index contributed by atoms with van der Waals surface area (Å²) in [6.07, 6.45) is 15.4. The first kappa shape index (κ1) is 30.7. The molecule has 0 unspecified atom stereocenters. The SMILES string of the molecule is CC(C)(C)OC(=O)N1CCN(c2ccc3nc(CCCCCCCCCCCCCCC(=O)O)[nH]c3n2)CC1. The summed E-state index contributed by atoms with van der Waals surface area (Å²) in [6, 6.07) is 4.06. The Morgan fingerprint density at radius 1 is 0.846 bits per heavy atom. The number of aryl methyl sites for hydroxylation is 1. The van der Waals surface area contributed by atoms with Crippen molar-refractivity contribution >= 4 is 29.0 Å². The van der Waals surface area contributed by atoms with Crippen molar-refractivity contribution < 1.29 is 19.4 Å². The number of fused-ring (bicyclic) bond motifs is 1. The number of pyridine rings is 1. The fraction of sp³-hybridized carbons (Fsp3) is 0.733. The highest BCUT2D eigenvalue weighted by molar-refractivity contribution is 5.73. The second-order valence-electron chi connectivity index (χ2n) is 11.8. The number of nitrogens with one attached hydrogen (secondary N) is 1. The number of carboxylic acids is 1. The summed E-state index contributed by atoms with van der Waals surface area (Å²) >= 11 is 0. The van der Waals surface area contributed by atoms with Gasteiger partial charge in [-0.3, -0.25) is 4.79 Å². The molecule has 0 aromatic carbocycles. The first-order chi connectivity index (χ1) is 18.7. The summed E-state index contributed by atoms with van der Waals surface area (Å²) in [7, 11) is 0. The number of aromatic nitrogens is 3. The van der Waals surface area contributed by atoms with Gasteiger partial charge in [0.1, 0.15) is 22.8 Å². The van der Waals surface area contributed by atoms with Crippen LogP contribution in [0.2, 0.25) is 0 Å². The highest BCUT2D eigenvalue weighted by Crippen LogP contribution is 2.20. The van der Waals surface area contributed by atoms with E-state index in [1.807, 2.05) is 32.9 Å². The average Bonchev–Trinajstić information content (AvgIpc) is 3.30. The average molecular weight is 544 g/mol. The Bertz CT molecular complexity index is 1020. The van der Waals surface area contributed by atoms with Gasteiger partial charge in [-0.1, -0.05) is 64.2 Å². The second-order valence-corrected chi connectivity index (χ2v) is 11.8. The number of carboxylic acid groups (broad SMARTS) is 1. The number of imidazole rings is 1. The van der Waals surface area contributed by atoms with E-state index in [0.717, 1.165) is 61.6 Å². The van der Waals surface area contributed by atoms with Gasteiger partial charge in [0.2, 0.25) is 0 Å². The van der Waals surface area contributed by atoms with E-state index in [0.29, 0.717) is 19.5 Å². The van der Waals surface area contributed by atoms with Gasteiger partial charge in [0.05, 0.1) is 0 Å². The van der Waals surface area contributed by atoms with Crippen LogP contribution in [-0.2, 0) is 16.0 Å². The zero-order valence-corrected chi connectivity index (χ0v) is 24.3. The summed E-state index contributed by atoms with van der Waals surface area (Å²) < 4.78 is 5.50. The fourth-order valence-electron chi connectivity index (χ4n) is 5.01. The predicted molar refractivity (Wildman–Crippen MR) is 155 cm³/mol. The Hall–Kier alpha value is -2.84. The zero-order chi connectivity index (χ0) is 28.1. The van der Waals surface area contributed by atoms with Crippen LogP contribution in [0.15, 0.2) is 12.1 Å². The van der Waals surface area contributed by atoms with Crippen molar-refractivity contribution in [3.8, 4) is 0 Å².